The zero-order valence-corrected chi connectivity index (χ0v) is 11.0. The number of fused-ring (bicyclic) bond motifs is 1. The fourth-order valence-corrected chi connectivity index (χ4v) is 2.45. The summed E-state index contributed by atoms with van der Waals surface area (Å²) in [7, 11) is 0. The van der Waals surface area contributed by atoms with Crippen LogP contribution in [0.15, 0.2) is 48.8 Å². The number of nitrogen functional groups attached to an aromatic ring is 1. The maximum Gasteiger partial charge on any atom is 0.100 e. The van der Waals surface area contributed by atoms with Gasteiger partial charge in [-0.3, -0.25) is 4.57 Å². The molecule has 0 unspecified atom stereocenters. The first kappa shape index (κ1) is 11.8. The molecule has 3 aromatic rings. The van der Waals surface area contributed by atoms with Crippen molar-refractivity contribution >= 4 is 16.7 Å². The summed E-state index contributed by atoms with van der Waals surface area (Å²) in [5, 5.41) is 0. The predicted molar refractivity (Wildman–Crippen MR) is 79.5 cm³/mol. The third-order valence-electron chi connectivity index (χ3n) is 3.34. The van der Waals surface area contributed by atoms with E-state index < -0.39 is 0 Å². The SMILES string of the molecule is CCCc1ccccc1-n1cnc2cc(N)ccc21. The summed E-state index contributed by atoms with van der Waals surface area (Å²) in [6, 6.07) is 14.3. The average molecular weight is 251 g/mol. The molecule has 0 amide bonds. The molecule has 1 heterocycles. The second-order valence-electron chi connectivity index (χ2n) is 4.74. The number of benzene rings is 2. The van der Waals surface area contributed by atoms with E-state index in [1.54, 1.807) is 0 Å². The zero-order valence-electron chi connectivity index (χ0n) is 11.0. The molecule has 0 aliphatic rings. The minimum absolute atomic E-state index is 0.750. The first-order valence-electron chi connectivity index (χ1n) is 6.60. The number of imidazole rings is 1. The van der Waals surface area contributed by atoms with Gasteiger partial charge in [0.25, 0.3) is 0 Å². The van der Waals surface area contributed by atoms with Gasteiger partial charge in [0.15, 0.2) is 0 Å². The highest BCUT2D eigenvalue weighted by molar-refractivity contribution is 5.80. The van der Waals surface area contributed by atoms with E-state index in [9.17, 15) is 0 Å². The Labute approximate surface area is 112 Å². The summed E-state index contributed by atoms with van der Waals surface area (Å²) in [5.41, 5.74) is 11.1. The minimum atomic E-state index is 0.750. The Morgan fingerprint density at radius 2 is 2.00 bits per heavy atom. The van der Waals surface area contributed by atoms with Crippen molar-refractivity contribution < 1.29 is 0 Å². The Morgan fingerprint density at radius 1 is 1.16 bits per heavy atom. The summed E-state index contributed by atoms with van der Waals surface area (Å²) < 4.78 is 2.14. The Kier molecular flexibility index (Phi) is 2.95. The van der Waals surface area contributed by atoms with E-state index in [-0.39, 0.29) is 0 Å². The molecule has 96 valence electrons. The van der Waals surface area contributed by atoms with Crippen LogP contribution in [0.2, 0.25) is 0 Å². The molecule has 0 saturated heterocycles. The van der Waals surface area contributed by atoms with Crippen LogP contribution in [0.4, 0.5) is 5.69 Å². The Bertz CT molecular complexity index is 713. The molecule has 0 radical (unpaired) electrons. The van der Waals surface area contributed by atoms with Crippen LogP contribution in [0.1, 0.15) is 18.9 Å². The smallest absolute Gasteiger partial charge is 0.100 e. The standard InChI is InChI=1S/C16H17N3/c1-2-5-12-6-3-4-7-15(12)19-11-18-14-10-13(17)8-9-16(14)19/h3-4,6-11H,2,5,17H2,1H3. The maximum atomic E-state index is 5.80. The number of hydrogen-bond donors (Lipinski definition) is 1. The van der Waals surface area contributed by atoms with E-state index in [0.717, 1.165) is 29.6 Å². The van der Waals surface area contributed by atoms with Crippen LogP contribution in [-0.2, 0) is 6.42 Å². The van der Waals surface area contributed by atoms with Gasteiger partial charge in [-0.25, -0.2) is 4.98 Å². The van der Waals surface area contributed by atoms with Crippen molar-refractivity contribution in [1.29, 1.82) is 0 Å². The predicted octanol–water partition coefficient (Wildman–Crippen LogP) is 3.56. The third kappa shape index (κ3) is 2.08. The number of nitrogens with zero attached hydrogens (tertiary/aromatic N) is 2. The van der Waals surface area contributed by atoms with Gasteiger partial charge in [0.1, 0.15) is 6.33 Å². The summed E-state index contributed by atoms with van der Waals surface area (Å²) in [4.78, 5) is 4.44. The van der Waals surface area contributed by atoms with E-state index in [4.69, 9.17) is 5.73 Å². The van der Waals surface area contributed by atoms with Crippen molar-refractivity contribution in [1.82, 2.24) is 9.55 Å². The van der Waals surface area contributed by atoms with Gasteiger partial charge >= 0.3 is 0 Å². The molecule has 19 heavy (non-hydrogen) atoms. The van der Waals surface area contributed by atoms with Crippen molar-refractivity contribution in [2.45, 2.75) is 19.8 Å². The highest BCUT2D eigenvalue weighted by atomic mass is 15.0. The number of para-hydroxylation sites is 1. The van der Waals surface area contributed by atoms with Gasteiger partial charge < -0.3 is 5.73 Å². The lowest BCUT2D eigenvalue weighted by atomic mass is 10.1. The van der Waals surface area contributed by atoms with Gasteiger partial charge in [-0.15, -0.1) is 0 Å². The fraction of sp³-hybridized carbons (Fsp3) is 0.188. The Morgan fingerprint density at radius 3 is 2.84 bits per heavy atom. The normalized spacial score (nSPS) is 11.0. The van der Waals surface area contributed by atoms with E-state index >= 15 is 0 Å². The van der Waals surface area contributed by atoms with Gasteiger partial charge in [0.2, 0.25) is 0 Å². The Hall–Kier alpha value is -2.29. The van der Waals surface area contributed by atoms with Crippen LogP contribution in [0.25, 0.3) is 16.7 Å². The van der Waals surface area contributed by atoms with Crippen LogP contribution in [0.3, 0.4) is 0 Å². The van der Waals surface area contributed by atoms with Crippen molar-refractivity contribution in [3.63, 3.8) is 0 Å². The molecule has 0 bridgehead atoms. The summed E-state index contributed by atoms with van der Waals surface area (Å²) in [6.07, 6.45) is 4.08. The van der Waals surface area contributed by atoms with Crippen LogP contribution >= 0.6 is 0 Å². The largest absolute Gasteiger partial charge is 0.399 e. The molecule has 0 fully saturated rings. The van der Waals surface area contributed by atoms with Crippen LogP contribution in [0.5, 0.6) is 0 Å². The first-order valence-corrected chi connectivity index (χ1v) is 6.60. The van der Waals surface area contributed by atoms with Crippen LogP contribution in [-0.4, -0.2) is 9.55 Å². The monoisotopic (exact) mass is 251 g/mol. The molecule has 0 aliphatic heterocycles. The number of nitrogens with two attached hydrogens (primary N) is 1. The molecule has 3 nitrogen and oxygen atoms in total. The summed E-state index contributed by atoms with van der Waals surface area (Å²) in [5.74, 6) is 0. The minimum Gasteiger partial charge on any atom is -0.399 e. The number of aryl methyl sites for hydroxylation is 1. The van der Waals surface area contributed by atoms with Crippen molar-refractivity contribution in [3.05, 3.63) is 54.4 Å². The molecule has 0 aliphatic carbocycles. The van der Waals surface area contributed by atoms with Gasteiger partial charge in [0, 0.05) is 5.69 Å². The summed E-state index contributed by atoms with van der Waals surface area (Å²) >= 11 is 0. The van der Waals surface area contributed by atoms with E-state index in [2.05, 4.69) is 40.7 Å². The molecule has 3 heteroatoms. The van der Waals surface area contributed by atoms with E-state index in [0.29, 0.717) is 0 Å². The molecular weight excluding hydrogens is 234 g/mol. The van der Waals surface area contributed by atoms with Gasteiger partial charge in [-0.1, -0.05) is 31.5 Å². The van der Waals surface area contributed by atoms with Crippen molar-refractivity contribution in [2.24, 2.45) is 0 Å². The molecule has 2 aromatic carbocycles. The maximum absolute atomic E-state index is 5.80. The van der Waals surface area contributed by atoms with Crippen LogP contribution < -0.4 is 5.73 Å². The lowest BCUT2D eigenvalue weighted by Crippen LogP contribution is -1.98. The lowest BCUT2D eigenvalue weighted by Gasteiger charge is -2.10. The lowest BCUT2D eigenvalue weighted by molar-refractivity contribution is 0.903. The molecule has 0 saturated carbocycles. The number of hydrogen-bond acceptors (Lipinski definition) is 2. The van der Waals surface area contributed by atoms with Crippen molar-refractivity contribution in [2.75, 3.05) is 5.73 Å². The molecule has 2 N–H and O–H groups in total. The highest BCUT2D eigenvalue weighted by Crippen LogP contribution is 2.23. The zero-order chi connectivity index (χ0) is 13.2. The molecule has 0 spiro atoms. The first-order chi connectivity index (χ1) is 9.29. The second kappa shape index (κ2) is 4.76. The molecule has 1 aromatic heterocycles. The molecular formula is C16H17N3. The topological polar surface area (TPSA) is 43.8 Å². The van der Waals surface area contributed by atoms with Gasteiger partial charge in [-0.2, -0.15) is 0 Å². The number of anilines is 1. The number of aromatic nitrogens is 2. The summed E-state index contributed by atoms with van der Waals surface area (Å²) in [6.45, 7) is 2.20. The second-order valence-corrected chi connectivity index (χ2v) is 4.74. The van der Waals surface area contributed by atoms with Crippen LogP contribution in [0, 0.1) is 0 Å². The number of rotatable bonds is 3. The third-order valence-corrected chi connectivity index (χ3v) is 3.34. The average Bonchev–Trinajstić information content (AvgIpc) is 2.82. The fourth-order valence-electron chi connectivity index (χ4n) is 2.45. The van der Waals surface area contributed by atoms with Gasteiger partial charge in [-0.05, 0) is 36.2 Å². The Balaban J connectivity index is 2.19. The quantitative estimate of drug-likeness (QED) is 0.723. The molecule has 3 rings (SSSR count). The van der Waals surface area contributed by atoms with E-state index in [1.807, 2.05) is 24.5 Å². The highest BCUT2D eigenvalue weighted by Gasteiger charge is 2.08. The van der Waals surface area contributed by atoms with Gasteiger partial charge in [0.05, 0.1) is 16.7 Å². The molecule has 0 atom stereocenters. The van der Waals surface area contributed by atoms with Crippen molar-refractivity contribution in [3.8, 4) is 5.69 Å². The van der Waals surface area contributed by atoms with E-state index in [1.165, 1.54) is 11.3 Å².